The van der Waals surface area contributed by atoms with E-state index in [1.807, 2.05) is 0 Å². The van der Waals surface area contributed by atoms with E-state index in [4.69, 9.17) is 0 Å². The van der Waals surface area contributed by atoms with Crippen LogP contribution >= 0.6 is 0 Å². The Bertz CT molecular complexity index is 459. The molecule has 88 valence electrons. The van der Waals surface area contributed by atoms with E-state index in [9.17, 15) is 13.2 Å². The number of carbonyl (C=O) groups excluding carboxylic acids is 1. The molecule has 5 heteroatoms. The Morgan fingerprint density at radius 1 is 1.25 bits per heavy atom. The van der Waals surface area contributed by atoms with Crippen LogP contribution in [0.5, 0.6) is 0 Å². The number of esters is 1. The molecule has 0 unspecified atom stereocenters. The molecule has 1 rings (SSSR count). The highest BCUT2D eigenvalue weighted by atomic mass is 32.2. The van der Waals surface area contributed by atoms with Crippen LogP contribution in [0.1, 0.15) is 12.5 Å². The molecular formula is C11H14O4S. The van der Waals surface area contributed by atoms with Gasteiger partial charge in [0.15, 0.2) is 9.84 Å². The monoisotopic (exact) mass is 242 g/mol. The second kappa shape index (κ2) is 5.12. The lowest BCUT2D eigenvalue weighted by molar-refractivity contribution is -0.139. The Labute approximate surface area is 95.2 Å². The fourth-order valence-electron chi connectivity index (χ4n) is 1.22. The Morgan fingerprint density at radius 2 is 1.81 bits per heavy atom. The molecule has 0 saturated carbocycles. The van der Waals surface area contributed by atoms with E-state index in [-0.39, 0.29) is 23.0 Å². The number of methoxy groups -OCH3 is 1. The van der Waals surface area contributed by atoms with Gasteiger partial charge in [0.25, 0.3) is 0 Å². The van der Waals surface area contributed by atoms with E-state index in [1.54, 1.807) is 19.1 Å². The number of sulfone groups is 1. The number of ether oxygens (including phenoxy) is 1. The van der Waals surface area contributed by atoms with Crippen LogP contribution in [0, 0.1) is 0 Å². The van der Waals surface area contributed by atoms with Gasteiger partial charge in [-0.1, -0.05) is 19.1 Å². The first-order valence-corrected chi connectivity index (χ1v) is 6.53. The van der Waals surface area contributed by atoms with Crippen LogP contribution in [-0.2, 0) is 25.8 Å². The number of benzene rings is 1. The first-order valence-electron chi connectivity index (χ1n) is 4.88. The van der Waals surface area contributed by atoms with Crippen LogP contribution in [-0.4, -0.2) is 27.2 Å². The lowest BCUT2D eigenvalue weighted by Crippen LogP contribution is -2.06. The molecule has 0 aromatic heterocycles. The zero-order valence-corrected chi connectivity index (χ0v) is 10.1. The van der Waals surface area contributed by atoms with E-state index in [0.29, 0.717) is 0 Å². The molecule has 1 aromatic rings. The third kappa shape index (κ3) is 3.06. The first-order chi connectivity index (χ1) is 7.49. The summed E-state index contributed by atoms with van der Waals surface area (Å²) < 4.78 is 27.5. The van der Waals surface area contributed by atoms with E-state index >= 15 is 0 Å². The van der Waals surface area contributed by atoms with Gasteiger partial charge in [-0.25, -0.2) is 8.42 Å². The maximum Gasteiger partial charge on any atom is 0.309 e. The minimum absolute atomic E-state index is 0.0728. The molecule has 0 fully saturated rings. The largest absolute Gasteiger partial charge is 0.469 e. The van der Waals surface area contributed by atoms with Crippen LogP contribution in [0.25, 0.3) is 0 Å². The smallest absolute Gasteiger partial charge is 0.309 e. The second-order valence-corrected chi connectivity index (χ2v) is 5.58. The molecule has 0 saturated heterocycles. The Morgan fingerprint density at radius 3 is 2.25 bits per heavy atom. The van der Waals surface area contributed by atoms with Crippen molar-refractivity contribution < 1.29 is 17.9 Å². The summed E-state index contributed by atoms with van der Waals surface area (Å²) in [6.07, 6.45) is 0.156. The van der Waals surface area contributed by atoms with Gasteiger partial charge in [-0.2, -0.15) is 0 Å². The maximum absolute atomic E-state index is 11.5. The van der Waals surface area contributed by atoms with Gasteiger partial charge < -0.3 is 4.74 Å². The fourth-order valence-corrected chi connectivity index (χ4v) is 2.10. The zero-order valence-electron chi connectivity index (χ0n) is 9.26. The predicted octanol–water partition coefficient (Wildman–Crippen LogP) is 1.20. The van der Waals surface area contributed by atoms with Crippen molar-refractivity contribution in [2.45, 2.75) is 18.2 Å². The first kappa shape index (κ1) is 12.7. The Balaban J connectivity index is 2.88. The summed E-state index contributed by atoms with van der Waals surface area (Å²) in [5.74, 6) is -0.269. The van der Waals surface area contributed by atoms with Crippen molar-refractivity contribution in [3.63, 3.8) is 0 Å². The molecule has 0 radical (unpaired) electrons. The van der Waals surface area contributed by atoms with Crippen molar-refractivity contribution in [1.82, 2.24) is 0 Å². The average Bonchev–Trinajstić information content (AvgIpc) is 2.29. The Kier molecular flexibility index (Phi) is 4.06. The van der Waals surface area contributed by atoms with Crippen LogP contribution in [0.3, 0.4) is 0 Å². The summed E-state index contributed by atoms with van der Waals surface area (Å²) in [5.41, 5.74) is 0.738. The fraction of sp³-hybridized carbons (Fsp3) is 0.364. The van der Waals surface area contributed by atoms with Crippen molar-refractivity contribution in [1.29, 1.82) is 0 Å². The average molecular weight is 242 g/mol. The summed E-state index contributed by atoms with van der Waals surface area (Å²) >= 11 is 0. The minimum atomic E-state index is -3.17. The van der Waals surface area contributed by atoms with Crippen molar-refractivity contribution in [2.24, 2.45) is 0 Å². The highest BCUT2D eigenvalue weighted by Crippen LogP contribution is 2.12. The van der Waals surface area contributed by atoms with Gasteiger partial charge in [0.05, 0.1) is 24.2 Å². The molecule has 0 bridgehead atoms. The summed E-state index contributed by atoms with van der Waals surface area (Å²) in [6.45, 7) is 1.59. The molecule has 0 spiro atoms. The standard InChI is InChI=1S/C11H14O4S/c1-3-16(13,14)10-6-4-9(5-7-10)8-11(12)15-2/h4-7H,3,8H2,1-2H3. The van der Waals surface area contributed by atoms with Crippen LogP contribution < -0.4 is 0 Å². The molecule has 0 amide bonds. The van der Waals surface area contributed by atoms with Crippen molar-refractivity contribution >= 4 is 15.8 Å². The summed E-state index contributed by atoms with van der Waals surface area (Å²) in [4.78, 5) is 11.3. The molecule has 0 aliphatic rings. The van der Waals surface area contributed by atoms with Crippen LogP contribution in [0.2, 0.25) is 0 Å². The molecule has 0 aliphatic carbocycles. The van der Waals surface area contributed by atoms with Gasteiger partial charge in [-0.15, -0.1) is 0 Å². The van der Waals surface area contributed by atoms with Crippen LogP contribution in [0.4, 0.5) is 0 Å². The number of carbonyl (C=O) groups is 1. The lowest BCUT2D eigenvalue weighted by Gasteiger charge is -2.03. The van der Waals surface area contributed by atoms with Gasteiger partial charge in [0, 0.05) is 0 Å². The third-order valence-corrected chi connectivity index (χ3v) is 3.99. The molecule has 0 atom stereocenters. The summed E-state index contributed by atoms with van der Waals surface area (Å²) in [5, 5.41) is 0. The molecule has 0 heterocycles. The molecule has 0 aliphatic heterocycles. The van der Waals surface area contributed by atoms with Gasteiger partial charge in [0.1, 0.15) is 0 Å². The van der Waals surface area contributed by atoms with Gasteiger partial charge in [-0.05, 0) is 17.7 Å². The zero-order chi connectivity index (χ0) is 12.2. The lowest BCUT2D eigenvalue weighted by atomic mass is 10.2. The normalized spacial score (nSPS) is 11.1. The quantitative estimate of drug-likeness (QED) is 0.744. The highest BCUT2D eigenvalue weighted by molar-refractivity contribution is 7.91. The van der Waals surface area contributed by atoms with Crippen LogP contribution in [0.15, 0.2) is 29.2 Å². The topological polar surface area (TPSA) is 60.4 Å². The van der Waals surface area contributed by atoms with Gasteiger partial charge in [-0.3, -0.25) is 4.79 Å². The molecule has 0 N–H and O–H groups in total. The van der Waals surface area contributed by atoms with Crippen molar-refractivity contribution in [3.8, 4) is 0 Å². The molecule has 4 nitrogen and oxygen atoms in total. The summed E-state index contributed by atoms with van der Waals surface area (Å²) in [6, 6.07) is 6.27. The number of rotatable bonds is 4. The number of hydrogen-bond donors (Lipinski definition) is 0. The SMILES string of the molecule is CCS(=O)(=O)c1ccc(CC(=O)OC)cc1. The van der Waals surface area contributed by atoms with E-state index in [1.165, 1.54) is 19.2 Å². The summed E-state index contributed by atoms with van der Waals surface area (Å²) in [7, 11) is -1.85. The predicted molar refractivity (Wildman–Crippen MR) is 59.9 cm³/mol. The van der Waals surface area contributed by atoms with Crippen molar-refractivity contribution in [2.75, 3.05) is 12.9 Å². The Hall–Kier alpha value is -1.36. The van der Waals surface area contributed by atoms with E-state index in [2.05, 4.69) is 4.74 Å². The van der Waals surface area contributed by atoms with Gasteiger partial charge >= 0.3 is 5.97 Å². The minimum Gasteiger partial charge on any atom is -0.469 e. The second-order valence-electron chi connectivity index (χ2n) is 3.30. The van der Waals surface area contributed by atoms with Crippen molar-refractivity contribution in [3.05, 3.63) is 29.8 Å². The van der Waals surface area contributed by atoms with E-state index in [0.717, 1.165) is 5.56 Å². The highest BCUT2D eigenvalue weighted by Gasteiger charge is 2.11. The molecular weight excluding hydrogens is 228 g/mol. The number of hydrogen-bond acceptors (Lipinski definition) is 4. The molecule has 16 heavy (non-hydrogen) atoms. The maximum atomic E-state index is 11.5. The van der Waals surface area contributed by atoms with Gasteiger partial charge in [0.2, 0.25) is 0 Å². The van der Waals surface area contributed by atoms with E-state index < -0.39 is 9.84 Å². The third-order valence-electron chi connectivity index (χ3n) is 2.24. The molecule has 1 aromatic carbocycles.